The number of amidine groups is 1. The highest BCUT2D eigenvalue weighted by Crippen LogP contribution is 2.31. The van der Waals surface area contributed by atoms with Gasteiger partial charge in [-0.2, -0.15) is 4.72 Å². The topological polar surface area (TPSA) is 105 Å². The molecule has 6 nitrogen and oxygen atoms in total. The van der Waals surface area contributed by atoms with Gasteiger partial charge < -0.3 is 10.9 Å². The fraction of sp³-hybridized carbons (Fsp3) is 0.615. The highest BCUT2D eigenvalue weighted by molar-refractivity contribution is 7.91. The van der Waals surface area contributed by atoms with Crippen LogP contribution < -0.4 is 10.5 Å². The zero-order chi connectivity index (χ0) is 15.5. The summed E-state index contributed by atoms with van der Waals surface area (Å²) in [5.74, 6) is -0.0574. The largest absolute Gasteiger partial charge is 0.409 e. The van der Waals surface area contributed by atoms with Crippen LogP contribution in [0.5, 0.6) is 0 Å². The van der Waals surface area contributed by atoms with Gasteiger partial charge in [0.25, 0.3) is 10.0 Å². The van der Waals surface area contributed by atoms with E-state index in [1.807, 2.05) is 13.0 Å². The summed E-state index contributed by atoms with van der Waals surface area (Å²) in [7, 11) is -3.67. The number of sulfonamides is 1. The summed E-state index contributed by atoms with van der Waals surface area (Å²) >= 11 is 1.25. The van der Waals surface area contributed by atoms with E-state index in [9.17, 15) is 8.42 Å². The van der Waals surface area contributed by atoms with Gasteiger partial charge in [0.05, 0.1) is 5.54 Å². The van der Waals surface area contributed by atoms with Crippen LogP contribution in [0.2, 0.25) is 0 Å². The molecule has 1 aliphatic carbocycles. The number of aryl methyl sites for hydroxylation is 1. The lowest BCUT2D eigenvalue weighted by Crippen LogP contribution is -2.58. The van der Waals surface area contributed by atoms with E-state index in [2.05, 4.69) is 9.88 Å². The van der Waals surface area contributed by atoms with Gasteiger partial charge in [-0.1, -0.05) is 31.3 Å². The molecule has 0 aromatic carbocycles. The second kappa shape index (κ2) is 6.33. The molecule has 1 aromatic rings. The number of thiophene rings is 1. The standard InChI is InChI=1S/C13H21N3O3S2/c1-2-10-6-7-11(20-10)21(18,19)16-13(12(14)15-17)8-4-3-5-9-13/h6-7,16-17H,2-5,8-9H2,1H3,(H2,14,15). The lowest BCUT2D eigenvalue weighted by molar-refractivity contribution is 0.294. The molecule has 0 unspecified atom stereocenters. The lowest BCUT2D eigenvalue weighted by atomic mass is 9.82. The Hall–Kier alpha value is -1.12. The highest BCUT2D eigenvalue weighted by Gasteiger charge is 2.40. The van der Waals surface area contributed by atoms with Crippen molar-refractivity contribution in [3.63, 3.8) is 0 Å². The first-order valence-electron chi connectivity index (χ1n) is 7.04. The fourth-order valence-electron chi connectivity index (χ4n) is 2.66. The molecular formula is C13H21N3O3S2. The number of nitrogens with two attached hydrogens (primary N) is 1. The Morgan fingerprint density at radius 1 is 1.43 bits per heavy atom. The molecule has 1 aromatic heterocycles. The summed E-state index contributed by atoms with van der Waals surface area (Å²) in [4.78, 5) is 1.01. The van der Waals surface area contributed by atoms with E-state index in [0.717, 1.165) is 30.6 Å². The first-order chi connectivity index (χ1) is 9.93. The van der Waals surface area contributed by atoms with E-state index in [4.69, 9.17) is 10.9 Å². The highest BCUT2D eigenvalue weighted by atomic mass is 32.2. The summed E-state index contributed by atoms with van der Waals surface area (Å²) in [5, 5.41) is 12.0. The van der Waals surface area contributed by atoms with Crippen LogP contribution in [0, 0.1) is 0 Å². The van der Waals surface area contributed by atoms with Crippen LogP contribution >= 0.6 is 11.3 Å². The Balaban J connectivity index is 2.31. The maximum absolute atomic E-state index is 12.6. The third kappa shape index (κ3) is 3.38. The average molecular weight is 331 g/mol. The first-order valence-corrected chi connectivity index (χ1v) is 9.34. The lowest BCUT2D eigenvalue weighted by Gasteiger charge is -2.36. The van der Waals surface area contributed by atoms with Gasteiger partial charge in [0.15, 0.2) is 5.84 Å². The van der Waals surface area contributed by atoms with Crippen molar-refractivity contribution in [2.45, 2.75) is 55.2 Å². The van der Waals surface area contributed by atoms with Crippen LogP contribution in [0.25, 0.3) is 0 Å². The minimum Gasteiger partial charge on any atom is -0.409 e. The summed E-state index contributed by atoms with van der Waals surface area (Å²) in [6.45, 7) is 1.98. The third-order valence-corrected chi connectivity index (χ3v) is 7.14. The van der Waals surface area contributed by atoms with Crippen molar-refractivity contribution in [2.24, 2.45) is 10.9 Å². The Morgan fingerprint density at radius 3 is 2.62 bits per heavy atom. The van der Waals surface area contributed by atoms with Crippen LogP contribution in [0.1, 0.15) is 43.9 Å². The summed E-state index contributed by atoms with van der Waals surface area (Å²) in [6, 6.07) is 3.42. The SMILES string of the molecule is CCc1ccc(S(=O)(=O)NC2(C(N)=NO)CCCCC2)s1. The molecule has 0 bridgehead atoms. The van der Waals surface area contributed by atoms with Crippen molar-refractivity contribution in [1.29, 1.82) is 0 Å². The Kier molecular flexibility index (Phi) is 4.90. The molecule has 2 rings (SSSR count). The van der Waals surface area contributed by atoms with E-state index in [1.165, 1.54) is 11.3 Å². The van der Waals surface area contributed by atoms with E-state index >= 15 is 0 Å². The second-order valence-corrected chi connectivity index (χ2v) is 8.39. The van der Waals surface area contributed by atoms with E-state index in [-0.39, 0.29) is 10.0 Å². The number of hydrogen-bond donors (Lipinski definition) is 3. The van der Waals surface area contributed by atoms with Gasteiger partial charge in [-0.3, -0.25) is 0 Å². The van der Waals surface area contributed by atoms with Crippen LogP contribution in [0.4, 0.5) is 0 Å². The molecule has 0 aliphatic heterocycles. The monoisotopic (exact) mass is 331 g/mol. The predicted octanol–water partition coefficient (Wildman–Crippen LogP) is 2.04. The van der Waals surface area contributed by atoms with E-state index < -0.39 is 15.6 Å². The van der Waals surface area contributed by atoms with Crippen LogP contribution in [0.3, 0.4) is 0 Å². The minimum atomic E-state index is -3.67. The van der Waals surface area contributed by atoms with Gasteiger partial charge in [-0.05, 0) is 31.4 Å². The number of oxime groups is 1. The Labute approximate surface area is 129 Å². The minimum absolute atomic E-state index is 0.0574. The van der Waals surface area contributed by atoms with Gasteiger partial charge >= 0.3 is 0 Å². The quantitative estimate of drug-likeness (QED) is 0.332. The van der Waals surface area contributed by atoms with Crippen LogP contribution in [-0.2, 0) is 16.4 Å². The van der Waals surface area contributed by atoms with Gasteiger partial charge in [0.2, 0.25) is 0 Å². The van der Waals surface area contributed by atoms with Crippen molar-refractivity contribution in [2.75, 3.05) is 0 Å². The number of rotatable bonds is 5. The molecule has 8 heteroatoms. The molecule has 0 atom stereocenters. The van der Waals surface area contributed by atoms with E-state index in [0.29, 0.717) is 12.8 Å². The van der Waals surface area contributed by atoms with Crippen LogP contribution in [-0.4, -0.2) is 25.0 Å². The maximum atomic E-state index is 12.6. The fourth-order valence-corrected chi connectivity index (χ4v) is 5.39. The molecule has 1 aliphatic rings. The zero-order valence-corrected chi connectivity index (χ0v) is 13.6. The summed E-state index contributed by atoms with van der Waals surface area (Å²) in [5.41, 5.74) is 4.81. The van der Waals surface area contributed by atoms with Gasteiger partial charge in [0.1, 0.15) is 4.21 Å². The summed E-state index contributed by atoms with van der Waals surface area (Å²) < 4.78 is 28.1. The number of hydrogen-bond acceptors (Lipinski definition) is 5. The predicted molar refractivity (Wildman–Crippen MR) is 83.2 cm³/mol. The van der Waals surface area contributed by atoms with Gasteiger partial charge in [-0.15, -0.1) is 11.3 Å². The maximum Gasteiger partial charge on any atom is 0.250 e. The van der Waals surface area contributed by atoms with Crippen LogP contribution in [0.15, 0.2) is 21.5 Å². The molecule has 21 heavy (non-hydrogen) atoms. The molecule has 0 spiro atoms. The molecule has 0 radical (unpaired) electrons. The molecule has 1 fully saturated rings. The second-order valence-electron chi connectivity index (χ2n) is 5.31. The number of nitrogens with one attached hydrogen (secondary N) is 1. The van der Waals surface area contributed by atoms with Crippen molar-refractivity contribution in [3.8, 4) is 0 Å². The van der Waals surface area contributed by atoms with Crippen molar-refractivity contribution < 1.29 is 13.6 Å². The Bertz CT molecular complexity index is 616. The average Bonchev–Trinajstić information content (AvgIpc) is 2.96. The van der Waals surface area contributed by atoms with Gasteiger partial charge in [-0.25, -0.2) is 8.42 Å². The number of nitrogens with zero attached hydrogens (tertiary/aromatic N) is 1. The normalized spacial score (nSPS) is 19.6. The molecule has 4 N–H and O–H groups in total. The van der Waals surface area contributed by atoms with E-state index in [1.54, 1.807) is 6.07 Å². The van der Waals surface area contributed by atoms with Crippen molar-refractivity contribution in [3.05, 3.63) is 17.0 Å². The van der Waals surface area contributed by atoms with Crippen molar-refractivity contribution in [1.82, 2.24) is 4.72 Å². The van der Waals surface area contributed by atoms with Crippen molar-refractivity contribution >= 4 is 27.2 Å². The molecule has 0 amide bonds. The molecule has 118 valence electrons. The molecule has 1 saturated carbocycles. The third-order valence-electron chi connectivity index (χ3n) is 3.89. The molecule has 1 heterocycles. The molecular weight excluding hydrogens is 310 g/mol. The molecule has 0 saturated heterocycles. The smallest absolute Gasteiger partial charge is 0.250 e. The summed E-state index contributed by atoms with van der Waals surface area (Å²) in [6.07, 6.45) is 4.63. The Morgan fingerprint density at radius 2 is 2.10 bits per heavy atom. The zero-order valence-electron chi connectivity index (χ0n) is 12.0. The van der Waals surface area contributed by atoms with Gasteiger partial charge in [0, 0.05) is 4.88 Å². The first kappa shape index (κ1) is 16.3.